The van der Waals surface area contributed by atoms with Crippen LogP contribution in [0.1, 0.15) is 43.0 Å². The molecule has 3 nitrogen and oxygen atoms in total. The summed E-state index contributed by atoms with van der Waals surface area (Å²) < 4.78 is 5.55. The van der Waals surface area contributed by atoms with Crippen LogP contribution in [0.2, 0.25) is 5.02 Å². The normalized spacial score (nSPS) is 23.7. The number of anilines is 1. The van der Waals surface area contributed by atoms with Crippen LogP contribution in [0.25, 0.3) is 0 Å². The molecule has 0 heterocycles. The number of rotatable bonds is 2. The van der Waals surface area contributed by atoms with E-state index in [4.69, 9.17) is 22.1 Å². The second-order valence-electron chi connectivity index (χ2n) is 4.94. The molecule has 2 atom stereocenters. The molecule has 0 saturated heterocycles. The number of nitrogen functional groups attached to an aromatic ring is 1. The predicted molar refractivity (Wildman–Crippen MR) is 72.7 cm³/mol. The number of carbonyl (C=O) groups excluding carboxylic acids is 1. The number of ether oxygens (including phenoxy) is 1. The summed E-state index contributed by atoms with van der Waals surface area (Å²) in [7, 11) is 0. The van der Waals surface area contributed by atoms with Crippen LogP contribution < -0.4 is 5.73 Å². The molecule has 0 amide bonds. The van der Waals surface area contributed by atoms with E-state index in [2.05, 4.69) is 6.92 Å². The molecule has 0 aliphatic heterocycles. The maximum Gasteiger partial charge on any atom is 0.339 e. The summed E-state index contributed by atoms with van der Waals surface area (Å²) >= 11 is 6.00. The quantitative estimate of drug-likeness (QED) is 0.657. The Morgan fingerprint density at radius 2 is 2.11 bits per heavy atom. The fourth-order valence-electron chi connectivity index (χ4n) is 2.36. The third-order valence-corrected chi connectivity index (χ3v) is 3.82. The molecule has 0 radical (unpaired) electrons. The van der Waals surface area contributed by atoms with Crippen molar-refractivity contribution in [3.8, 4) is 0 Å². The van der Waals surface area contributed by atoms with Crippen molar-refractivity contribution in [3.05, 3.63) is 28.8 Å². The molecular weight excluding hydrogens is 250 g/mol. The molecule has 2 rings (SSSR count). The van der Waals surface area contributed by atoms with Crippen molar-refractivity contribution >= 4 is 23.3 Å². The monoisotopic (exact) mass is 267 g/mol. The molecule has 2 unspecified atom stereocenters. The van der Waals surface area contributed by atoms with Gasteiger partial charge in [0.2, 0.25) is 0 Å². The van der Waals surface area contributed by atoms with E-state index < -0.39 is 0 Å². The summed E-state index contributed by atoms with van der Waals surface area (Å²) in [6.07, 6.45) is 4.42. The van der Waals surface area contributed by atoms with Crippen LogP contribution >= 0.6 is 11.6 Å². The van der Waals surface area contributed by atoms with Gasteiger partial charge in [0.25, 0.3) is 0 Å². The van der Waals surface area contributed by atoms with Crippen LogP contribution in [-0.4, -0.2) is 12.1 Å². The van der Waals surface area contributed by atoms with E-state index in [9.17, 15) is 4.79 Å². The number of hydrogen-bond donors (Lipinski definition) is 1. The van der Waals surface area contributed by atoms with Gasteiger partial charge in [-0.2, -0.15) is 0 Å². The number of benzene rings is 1. The first kappa shape index (κ1) is 13.2. The topological polar surface area (TPSA) is 52.3 Å². The van der Waals surface area contributed by atoms with Gasteiger partial charge in [0, 0.05) is 5.69 Å². The largest absolute Gasteiger partial charge is 0.458 e. The van der Waals surface area contributed by atoms with Crippen molar-refractivity contribution in [1.29, 1.82) is 0 Å². The molecule has 0 bridgehead atoms. The first-order chi connectivity index (χ1) is 8.58. The summed E-state index contributed by atoms with van der Waals surface area (Å²) in [5.74, 6) is 0.0778. The van der Waals surface area contributed by atoms with Gasteiger partial charge in [-0.25, -0.2) is 4.79 Å². The van der Waals surface area contributed by atoms with E-state index in [-0.39, 0.29) is 12.1 Å². The highest BCUT2D eigenvalue weighted by molar-refractivity contribution is 6.33. The molecule has 1 saturated carbocycles. The number of halogens is 1. The van der Waals surface area contributed by atoms with Gasteiger partial charge in [-0.3, -0.25) is 0 Å². The summed E-state index contributed by atoms with van der Waals surface area (Å²) in [4.78, 5) is 12.0. The summed E-state index contributed by atoms with van der Waals surface area (Å²) in [6.45, 7) is 2.13. The lowest BCUT2D eigenvalue weighted by molar-refractivity contribution is 0.00484. The summed E-state index contributed by atoms with van der Waals surface area (Å²) in [6, 6.07) is 4.85. The van der Waals surface area contributed by atoms with Crippen molar-refractivity contribution < 1.29 is 9.53 Å². The van der Waals surface area contributed by atoms with Crippen molar-refractivity contribution in [1.82, 2.24) is 0 Å². The zero-order chi connectivity index (χ0) is 13.1. The Hall–Kier alpha value is -1.22. The Balaban J connectivity index is 2.07. The van der Waals surface area contributed by atoms with Gasteiger partial charge < -0.3 is 10.5 Å². The molecule has 0 aromatic heterocycles. The maximum atomic E-state index is 12.0. The molecule has 1 fully saturated rings. The molecule has 18 heavy (non-hydrogen) atoms. The van der Waals surface area contributed by atoms with Crippen LogP contribution in [-0.2, 0) is 4.74 Å². The minimum atomic E-state index is -0.348. The minimum Gasteiger partial charge on any atom is -0.458 e. The highest BCUT2D eigenvalue weighted by Crippen LogP contribution is 2.28. The molecule has 1 aromatic carbocycles. The fourth-order valence-corrected chi connectivity index (χ4v) is 2.62. The Morgan fingerprint density at radius 1 is 1.39 bits per heavy atom. The average molecular weight is 268 g/mol. The number of esters is 1. The van der Waals surface area contributed by atoms with Crippen LogP contribution in [0.3, 0.4) is 0 Å². The van der Waals surface area contributed by atoms with Gasteiger partial charge in [0.1, 0.15) is 6.10 Å². The van der Waals surface area contributed by atoms with Crippen molar-refractivity contribution in [2.75, 3.05) is 5.73 Å². The minimum absolute atomic E-state index is 0.0138. The summed E-state index contributed by atoms with van der Waals surface area (Å²) in [5, 5.41) is 0.350. The van der Waals surface area contributed by atoms with E-state index in [1.54, 1.807) is 18.2 Å². The first-order valence-electron chi connectivity index (χ1n) is 6.34. The molecule has 1 aliphatic rings. The van der Waals surface area contributed by atoms with Crippen molar-refractivity contribution in [3.63, 3.8) is 0 Å². The second-order valence-corrected chi connectivity index (χ2v) is 5.35. The van der Waals surface area contributed by atoms with E-state index in [0.29, 0.717) is 22.2 Å². The Kier molecular flexibility index (Phi) is 4.12. The van der Waals surface area contributed by atoms with Crippen LogP contribution in [0.15, 0.2) is 18.2 Å². The third kappa shape index (κ3) is 2.96. The third-order valence-electron chi connectivity index (χ3n) is 3.50. The zero-order valence-electron chi connectivity index (χ0n) is 10.5. The molecule has 1 aromatic rings. The molecule has 98 valence electrons. The Labute approximate surface area is 112 Å². The lowest BCUT2D eigenvalue weighted by Crippen LogP contribution is -2.28. The molecule has 4 heteroatoms. The van der Waals surface area contributed by atoms with E-state index in [1.165, 1.54) is 6.42 Å². The van der Waals surface area contributed by atoms with E-state index in [1.807, 2.05) is 0 Å². The smallest absolute Gasteiger partial charge is 0.339 e. The van der Waals surface area contributed by atoms with E-state index >= 15 is 0 Å². The molecule has 0 spiro atoms. The van der Waals surface area contributed by atoms with Gasteiger partial charge in [0.15, 0.2) is 0 Å². The van der Waals surface area contributed by atoms with Gasteiger partial charge in [-0.05, 0) is 43.4 Å². The Bertz CT molecular complexity index is 447. The molecule has 1 aliphatic carbocycles. The lowest BCUT2D eigenvalue weighted by Gasteiger charge is -2.28. The van der Waals surface area contributed by atoms with Crippen LogP contribution in [0.4, 0.5) is 5.69 Å². The van der Waals surface area contributed by atoms with Crippen molar-refractivity contribution in [2.45, 2.75) is 38.7 Å². The standard InChI is InChI=1S/C14H18ClNO2/c1-9-4-2-3-5-13(9)18-14(17)11-7-6-10(16)8-12(11)15/h6-9,13H,2-5,16H2,1H3. The van der Waals surface area contributed by atoms with Crippen molar-refractivity contribution in [2.24, 2.45) is 5.92 Å². The fraction of sp³-hybridized carbons (Fsp3) is 0.500. The summed E-state index contributed by atoms with van der Waals surface area (Å²) in [5.41, 5.74) is 6.53. The molecule has 2 N–H and O–H groups in total. The maximum absolute atomic E-state index is 12.0. The lowest BCUT2D eigenvalue weighted by atomic mass is 9.88. The highest BCUT2D eigenvalue weighted by atomic mass is 35.5. The van der Waals surface area contributed by atoms with Gasteiger partial charge >= 0.3 is 5.97 Å². The highest BCUT2D eigenvalue weighted by Gasteiger charge is 2.25. The number of nitrogens with two attached hydrogens (primary N) is 1. The number of carbonyl (C=O) groups is 1. The van der Waals surface area contributed by atoms with Gasteiger partial charge in [-0.1, -0.05) is 24.9 Å². The zero-order valence-corrected chi connectivity index (χ0v) is 11.2. The average Bonchev–Trinajstić information content (AvgIpc) is 2.32. The number of hydrogen-bond acceptors (Lipinski definition) is 3. The Morgan fingerprint density at radius 3 is 2.78 bits per heavy atom. The van der Waals surface area contributed by atoms with Gasteiger partial charge in [-0.15, -0.1) is 0 Å². The van der Waals surface area contributed by atoms with Gasteiger partial charge in [0.05, 0.1) is 10.6 Å². The SMILES string of the molecule is CC1CCCCC1OC(=O)c1ccc(N)cc1Cl. The van der Waals surface area contributed by atoms with Crippen LogP contribution in [0.5, 0.6) is 0 Å². The predicted octanol–water partition coefficient (Wildman–Crippen LogP) is 3.66. The second kappa shape index (κ2) is 5.61. The van der Waals surface area contributed by atoms with E-state index in [0.717, 1.165) is 19.3 Å². The van der Waals surface area contributed by atoms with Crippen LogP contribution in [0, 0.1) is 5.92 Å². The molecular formula is C14H18ClNO2. The first-order valence-corrected chi connectivity index (χ1v) is 6.71.